The Morgan fingerprint density at radius 1 is 1.00 bits per heavy atom. The van der Waals surface area contributed by atoms with E-state index in [0.717, 1.165) is 0 Å². The highest BCUT2D eigenvalue weighted by Crippen LogP contribution is 2.37. The van der Waals surface area contributed by atoms with E-state index >= 15 is 0 Å². The van der Waals surface area contributed by atoms with Gasteiger partial charge in [-0.25, -0.2) is 14.4 Å². The third kappa shape index (κ3) is 5.22. The molecule has 170 valence electrons. The average molecular weight is 561 g/mol. The lowest BCUT2D eigenvalue weighted by atomic mass is 10.1. The molecule has 0 amide bonds. The van der Waals surface area contributed by atoms with Crippen LogP contribution < -0.4 is 11.4 Å². The standard InChI is InChI=1S/C23H20IN3O6/c24-18-19(33-22(29)15-9-5-2-6-10-15)16(13-31-21(28)14-7-3-1-4-8-14)32-20(18)27-12-11-17(25)26-23(27)30/h1-12,16,18-20H,13H2,(H2,25,26,30)/t16-,18-,19+,20-/m1/s1. The van der Waals surface area contributed by atoms with Crippen LogP contribution in [0.15, 0.2) is 77.7 Å². The second-order valence-corrected chi connectivity index (χ2v) is 8.69. The highest BCUT2D eigenvalue weighted by molar-refractivity contribution is 14.1. The summed E-state index contributed by atoms with van der Waals surface area (Å²) in [5.74, 6) is -1.000. The number of anilines is 1. The second kappa shape index (κ2) is 10.1. The summed E-state index contributed by atoms with van der Waals surface area (Å²) in [6.07, 6.45) is -0.937. The van der Waals surface area contributed by atoms with Crippen molar-refractivity contribution in [1.82, 2.24) is 9.55 Å². The summed E-state index contributed by atoms with van der Waals surface area (Å²) in [4.78, 5) is 41.2. The smallest absolute Gasteiger partial charge is 0.351 e. The molecule has 1 aliphatic heterocycles. The van der Waals surface area contributed by atoms with Crippen molar-refractivity contribution in [3.63, 3.8) is 0 Å². The lowest BCUT2D eigenvalue weighted by molar-refractivity contribution is -0.0581. The Morgan fingerprint density at radius 2 is 1.61 bits per heavy atom. The van der Waals surface area contributed by atoms with E-state index in [4.69, 9.17) is 19.9 Å². The van der Waals surface area contributed by atoms with Crippen LogP contribution in [0.25, 0.3) is 0 Å². The normalized spacial score (nSPS) is 22.0. The summed E-state index contributed by atoms with van der Waals surface area (Å²) in [6, 6.07) is 18.5. The van der Waals surface area contributed by atoms with E-state index in [2.05, 4.69) is 27.6 Å². The minimum atomic E-state index is -0.805. The fourth-order valence-electron chi connectivity index (χ4n) is 3.39. The molecule has 4 rings (SSSR count). The Bertz CT molecular complexity index is 1190. The molecule has 10 heteroatoms. The van der Waals surface area contributed by atoms with Crippen LogP contribution in [0.2, 0.25) is 0 Å². The van der Waals surface area contributed by atoms with Crippen molar-refractivity contribution in [1.29, 1.82) is 0 Å². The van der Waals surface area contributed by atoms with E-state index in [0.29, 0.717) is 11.1 Å². The topological polar surface area (TPSA) is 123 Å². The van der Waals surface area contributed by atoms with Gasteiger partial charge in [-0.05, 0) is 30.3 Å². The molecule has 2 N–H and O–H groups in total. The molecular formula is C23H20IN3O6. The molecule has 2 aromatic carbocycles. The number of alkyl halides is 1. The van der Waals surface area contributed by atoms with Crippen LogP contribution in [-0.2, 0) is 14.2 Å². The van der Waals surface area contributed by atoms with Crippen LogP contribution in [-0.4, -0.2) is 44.2 Å². The summed E-state index contributed by atoms with van der Waals surface area (Å²) in [6.45, 7) is -0.173. The first kappa shape index (κ1) is 22.9. The summed E-state index contributed by atoms with van der Waals surface area (Å²) < 4.78 is 18.0. The molecular weight excluding hydrogens is 541 g/mol. The number of esters is 2. The fourth-order valence-corrected chi connectivity index (χ4v) is 4.52. The zero-order chi connectivity index (χ0) is 23.4. The number of nitrogen functional groups attached to an aromatic ring is 1. The van der Waals surface area contributed by atoms with Crippen molar-refractivity contribution in [3.8, 4) is 0 Å². The van der Waals surface area contributed by atoms with Crippen LogP contribution >= 0.6 is 22.6 Å². The highest BCUT2D eigenvalue weighted by Gasteiger charge is 2.47. The van der Waals surface area contributed by atoms with Crippen molar-refractivity contribution in [2.45, 2.75) is 22.4 Å². The van der Waals surface area contributed by atoms with Gasteiger partial charge in [0, 0.05) is 6.20 Å². The van der Waals surface area contributed by atoms with Gasteiger partial charge in [-0.2, -0.15) is 4.98 Å². The number of ether oxygens (including phenoxy) is 3. The van der Waals surface area contributed by atoms with Crippen LogP contribution in [0.4, 0.5) is 5.82 Å². The average Bonchev–Trinajstić information content (AvgIpc) is 3.13. The number of carbonyl (C=O) groups is 2. The van der Waals surface area contributed by atoms with Gasteiger partial charge in [0.2, 0.25) is 0 Å². The first-order valence-electron chi connectivity index (χ1n) is 10.1. The summed E-state index contributed by atoms with van der Waals surface area (Å²) in [5, 5.41) is 0. The number of halogens is 1. The fraction of sp³-hybridized carbons (Fsp3) is 0.217. The lowest BCUT2D eigenvalue weighted by Gasteiger charge is -2.20. The van der Waals surface area contributed by atoms with Gasteiger partial charge in [-0.3, -0.25) is 4.57 Å². The Balaban J connectivity index is 1.56. The van der Waals surface area contributed by atoms with Crippen molar-refractivity contribution >= 4 is 40.3 Å². The number of aromatic nitrogens is 2. The van der Waals surface area contributed by atoms with Crippen LogP contribution in [0.5, 0.6) is 0 Å². The molecule has 2 heterocycles. The zero-order valence-electron chi connectivity index (χ0n) is 17.2. The van der Waals surface area contributed by atoms with Gasteiger partial charge in [-0.15, -0.1) is 0 Å². The molecule has 0 bridgehead atoms. The molecule has 1 aromatic heterocycles. The molecule has 1 saturated heterocycles. The summed E-state index contributed by atoms with van der Waals surface area (Å²) >= 11 is 2.06. The van der Waals surface area contributed by atoms with Gasteiger partial charge in [0.25, 0.3) is 0 Å². The molecule has 1 aliphatic rings. The Kier molecular flexibility index (Phi) is 7.04. The highest BCUT2D eigenvalue weighted by atomic mass is 127. The van der Waals surface area contributed by atoms with Crippen molar-refractivity contribution in [2.75, 3.05) is 12.3 Å². The Morgan fingerprint density at radius 3 is 2.21 bits per heavy atom. The van der Waals surface area contributed by atoms with E-state index in [9.17, 15) is 14.4 Å². The number of nitrogens with two attached hydrogens (primary N) is 1. The maximum atomic E-state index is 12.7. The number of nitrogens with zero attached hydrogens (tertiary/aromatic N) is 2. The van der Waals surface area contributed by atoms with Crippen LogP contribution in [0, 0.1) is 0 Å². The van der Waals surface area contributed by atoms with E-state index in [1.807, 2.05) is 0 Å². The third-order valence-electron chi connectivity index (χ3n) is 5.03. The molecule has 9 nitrogen and oxygen atoms in total. The quantitative estimate of drug-likeness (QED) is 0.277. The largest absolute Gasteiger partial charge is 0.459 e. The molecule has 0 spiro atoms. The Hall–Kier alpha value is -3.25. The van der Waals surface area contributed by atoms with Gasteiger partial charge in [0.1, 0.15) is 24.6 Å². The number of rotatable bonds is 6. The van der Waals surface area contributed by atoms with Crippen LogP contribution in [0.1, 0.15) is 26.9 Å². The number of carbonyl (C=O) groups excluding carboxylic acids is 2. The van der Waals surface area contributed by atoms with Gasteiger partial charge >= 0.3 is 17.6 Å². The molecule has 33 heavy (non-hydrogen) atoms. The third-order valence-corrected chi connectivity index (χ3v) is 6.36. The SMILES string of the molecule is Nc1ccn([C@@H]2O[C@H](COC(=O)c3ccccc3)[C@H](OC(=O)c3ccccc3)[C@H]2I)c(=O)n1. The minimum Gasteiger partial charge on any atom is -0.459 e. The minimum absolute atomic E-state index is 0.0830. The van der Waals surface area contributed by atoms with Gasteiger partial charge < -0.3 is 19.9 Å². The predicted octanol–water partition coefficient (Wildman–Crippen LogP) is 2.61. The first-order valence-corrected chi connectivity index (χ1v) is 11.3. The molecule has 3 aromatic rings. The number of benzene rings is 2. The molecule has 0 saturated carbocycles. The Labute approximate surface area is 202 Å². The maximum absolute atomic E-state index is 12.7. The van der Waals surface area contributed by atoms with E-state index in [-0.39, 0.29) is 12.4 Å². The van der Waals surface area contributed by atoms with Gasteiger partial charge in [0.15, 0.2) is 6.23 Å². The van der Waals surface area contributed by atoms with Gasteiger partial charge in [-0.1, -0.05) is 59.0 Å². The van der Waals surface area contributed by atoms with Gasteiger partial charge in [0.05, 0.1) is 15.1 Å². The molecule has 0 radical (unpaired) electrons. The zero-order valence-corrected chi connectivity index (χ0v) is 19.4. The van der Waals surface area contributed by atoms with E-state index in [1.54, 1.807) is 60.7 Å². The maximum Gasteiger partial charge on any atom is 0.351 e. The molecule has 0 unspecified atom stereocenters. The summed E-state index contributed by atoms with van der Waals surface area (Å²) in [7, 11) is 0. The number of hydrogen-bond donors (Lipinski definition) is 1. The molecule has 0 aliphatic carbocycles. The lowest BCUT2D eigenvalue weighted by Crippen LogP contribution is -2.37. The summed E-state index contributed by atoms with van der Waals surface area (Å²) in [5.41, 5.74) is 5.74. The van der Waals surface area contributed by atoms with Crippen LogP contribution in [0.3, 0.4) is 0 Å². The van der Waals surface area contributed by atoms with Crippen molar-refractivity contribution in [3.05, 3.63) is 94.5 Å². The predicted molar refractivity (Wildman–Crippen MR) is 127 cm³/mol. The monoisotopic (exact) mass is 561 g/mol. The number of hydrogen-bond acceptors (Lipinski definition) is 8. The van der Waals surface area contributed by atoms with E-state index < -0.39 is 40.0 Å². The van der Waals surface area contributed by atoms with Crippen molar-refractivity contribution in [2.24, 2.45) is 0 Å². The van der Waals surface area contributed by atoms with E-state index in [1.165, 1.54) is 16.8 Å². The second-order valence-electron chi connectivity index (χ2n) is 7.25. The van der Waals surface area contributed by atoms with Crippen molar-refractivity contribution < 1.29 is 23.8 Å². The molecule has 4 atom stereocenters. The first-order chi connectivity index (χ1) is 15.9. The molecule has 1 fully saturated rings.